The lowest BCUT2D eigenvalue weighted by molar-refractivity contribution is -0.138. The van der Waals surface area contributed by atoms with Crippen molar-refractivity contribution in [3.05, 3.63) is 0 Å². The van der Waals surface area contributed by atoms with Crippen LogP contribution < -0.4 is 0 Å². The van der Waals surface area contributed by atoms with Crippen LogP contribution in [0.3, 0.4) is 0 Å². The molecule has 2 atom stereocenters. The third kappa shape index (κ3) is 2.72. The molecule has 0 radical (unpaired) electrons. The van der Waals surface area contributed by atoms with Gasteiger partial charge in [0.25, 0.3) is 0 Å². The van der Waals surface area contributed by atoms with Crippen LogP contribution in [-0.2, 0) is 9.59 Å². The van der Waals surface area contributed by atoms with Gasteiger partial charge in [0.05, 0.1) is 6.42 Å². The van der Waals surface area contributed by atoms with Gasteiger partial charge in [0, 0.05) is 19.0 Å². The number of hydrogen-bond donors (Lipinski definition) is 1. The maximum Gasteiger partial charge on any atom is 0.305 e. The lowest BCUT2D eigenvalue weighted by atomic mass is 10.2. The van der Waals surface area contributed by atoms with Crippen LogP contribution in [0.4, 0.5) is 0 Å². The zero-order chi connectivity index (χ0) is 10.7. The Morgan fingerprint density at radius 3 is 2.43 bits per heavy atom. The van der Waals surface area contributed by atoms with Crippen molar-refractivity contribution >= 4 is 11.9 Å². The Labute approximate surface area is 83.9 Å². The number of nitrogens with zero attached hydrogens (tertiary/aromatic N) is 1. The van der Waals surface area contributed by atoms with E-state index in [0.717, 1.165) is 6.42 Å². The Hall–Kier alpha value is -1.06. The van der Waals surface area contributed by atoms with Gasteiger partial charge >= 0.3 is 5.97 Å². The minimum absolute atomic E-state index is 0.0423. The number of carbonyl (C=O) groups is 2. The quantitative estimate of drug-likeness (QED) is 0.717. The van der Waals surface area contributed by atoms with Gasteiger partial charge in [-0.2, -0.15) is 0 Å². The smallest absolute Gasteiger partial charge is 0.305 e. The van der Waals surface area contributed by atoms with Crippen molar-refractivity contribution in [3.8, 4) is 0 Å². The van der Waals surface area contributed by atoms with E-state index in [9.17, 15) is 9.59 Å². The van der Waals surface area contributed by atoms with E-state index in [1.54, 1.807) is 4.90 Å². The first kappa shape index (κ1) is 11.0. The summed E-state index contributed by atoms with van der Waals surface area (Å²) in [6, 6.07) is 0. The fraction of sp³-hybridized carbons (Fsp3) is 0.800. The molecule has 0 aliphatic heterocycles. The molecule has 1 aliphatic rings. The predicted molar refractivity (Wildman–Crippen MR) is 51.8 cm³/mol. The summed E-state index contributed by atoms with van der Waals surface area (Å²) in [5.74, 6) is -0.0773. The summed E-state index contributed by atoms with van der Waals surface area (Å²) in [5, 5.41) is 8.51. The summed E-state index contributed by atoms with van der Waals surface area (Å²) >= 11 is 0. The number of hydrogen-bond acceptors (Lipinski definition) is 2. The van der Waals surface area contributed by atoms with E-state index in [1.807, 2.05) is 13.8 Å². The Balaban J connectivity index is 2.37. The molecule has 4 nitrogen and oxygen atoms in total. The topological polar surface area (TPSA) is 57.6 Å². The van der Waals surface area contributed by atoms with Crippen LogP contribution in [0, 0.1) is 11.8 Å². The minimum Gasteiger partial charge on any atom is -0.481 e. The molecule has 1 N–H and O–H groups in total. The molecule has 1 fully saturated rings. The number of rotatable bonds is 5. The highest BCUT2D eigenvalue weighted by molar-refractivity contribution is 5.82. The summed E-state index contributed by atoms with van der Waals surface area (Å²) in [6.45, 7) is 4.88. The number of carbonyl (C=O) groups excluding carboxylic acids is 1. The van der Waals surface area contributed by atoms with E-state index in [1.165, 1.54) is 0 Å². The highest BCUT2D eigenvalue weighted by Crippen LogP contribution is 2.39. The van der Waals surface area contributed by atoms with E-state index in [2.05, 4.69) is 0 Å². The van der Waals surface area contributed by atoms with Crippen LogP contribution in [0.25, 0.3) is 0 Å². The molecule has 0 heterocycles. The molecule has 2 unspecified atom stereocenters. The fourth-order valence-electron chi connectivity index (χ4n) is 1.56. The Bertz CT molecular complexity index is 240. The first-order valence-electron chi connectivity index (χ1n) is 5.06. The third-order valence-electron chi connectivity index (χ3n) is 2.72. The lowest BCUT2D eigenvalue weighted by Crippen LogP contribution is -2.34. The molecule has 0 bridgehead atoms. The van der Waals surface area contributed by atoms with E-state index >= 15 is 0 Å². The highest BCUT2D eigenvalue weighted by Gasteiger charge is 2.41. The number of amides is 1. The van der Waals surface area contributed by atoms with Gasteiger partial charge in [0.15, 0.2) is 0 Å². The van der Waals surface area contributed by atoms with Gasteiger partial charge in [-0.15, -0.1) is 0 Å². The monoisotopic (exact) mass is 199 g/mol. The first-order chi connectivity index (χ1) is 6.56. The van der Waals surface area contributed by atoms with Crippen molar-refractivity contribution in [2.24, 2.45) is 11.8 Å². The molecule has 1 saturated carbocycles. The van der Waals surface area contributed by atoms with Gasteiger partial charge in [-0.1, -0.05) is 6.92 Å². The van der Waals surface area contributed by atoms with Gasteiger partial charge in [-0.05, 0) is 19.3 Å². The normalized spacial score (nSPS) is 24.4. The largest absolute Gasteiger partial charge is 0.481 e. The Morgan fingerprint density at radius 1 is 1.50 bits per heavy atom. The average molecular weight is 199 g/mol. The second-order valence-corrected chi connectivity index (χ2v) is 3.88. The van der Waals surface area contributed by atoms with Crippen molar-refractivity contribution in [1.29, 1.82) is 0 Å². The van der Waals surface area contributed by atoms with E-state index in [4.69, 9.17) is 5.11 Å². The Morgan fingerprint density at radius 2 is 2.07 bits per heavy atom. The molecule has 0 spiro atoms. The summed E-state index contributed by atoms with van der Waals surface area (Å²) in [4.78, 5) is 23.7. The Kier molecular flexibility index (Phi) is 3.49. The maximum atomic E-state index is 11.7. The summed E-state index contributed by atoms with van der Waals surface area (Å²) in [7, 11) is 0. The van der Waals surface area contributed by atoms with E-state index in [-0.39, 0.29) is 18.2 Å². The molecular formula is C10H17NO3. The predicted octanol–water partition coefficient (Wildman–Crippen LogP) is 0.966. The molecular weight excluding hydrogens is 182 g/mol. The van der Waals surface area contributed by atoms with Crippen LogP contribution in [0.5, 0.6) is 0 Å². The zero-order valence-electron chi connectivity index (χ0n) is 8.69. The molecule has 0 aromatic carbocycles. The van der Waals surface area contributed by atoms with Crippen molar-refractivity contribution in [3.63, 3.8) is 0 Å². The summed E-state index contributed by atoms with van der Waals surface area (Å²) in [6.07, 6.45) is 1.00. The van der Waals surface area contributed by atoms with Gasteiger partial charge < -0.3 is 10.0 Å². The zero-order valence-corrected chi connectivity index (χ0v) is 8.69. The van der Waals surface area contributed by atoms with Crippen molar-refractivity contribution in [2.75, 3.05) is 13.1 Å². The van der Waals surface area contributed by atoms with Gasteiger partial charge in [-0.25, -0.2) is 0 Å². The molecule has 80 valence electrons. The molecule has 0 aromatic rings. The first-order valence-corrected chi connectivity index (χ1v) is 5.06. The van der Waals surface area contributed by atoms with Crippen LogP contribution in [-0.4, -0.2) is 35.0 Å². The maximum absolute atomic E-state index is 11.7. The molecule has 0 aromatic heterocycles. The average Bonchev–Trinajstić information content (AvgIpc) is 2.83. The standard InChI is InChI=1S/C10H17NO3/c1-3-11(5-4-9(12)13)10(14)8-6-7(8)2/h7-8H,3-6H2,1-2H3,(H,12,13). The third-order valence-corrected chi connectivity index (χ3v) is 2.72. The summed E-state index contributed by atoms with van der Waals surface area (Å²) in [5.41, 5.74) is 0. The van der Waals surface area contributed by atoms with Gasteiger partial charge in [-0.3, -0.25) is 9.59 Å². The second kappa shape index (κ2) is 4.44. The van der Waals surface area contributed by atoms with Crippen molar-refractivity contribution in [1.82, 2.24) is 4.90 Å². The van der Waals surface area contributed by atoms with E-state index < -0.39 is 5.97 Å². The molecule has 1 aliphatic carbocycles. The molecule has 0 saturated heterocycles. The fourth-order valence-corrected chi connectivity index (χ4v) is 1.56. The summed E-state index contributed by atoms with van der Waals surface area (Å²) < 4.78 is 0. The van der Waals surface area contributed by atoms with Crippen LogP contribution in [0.15, 0.2) is 0 Å². The van der Waals surface area contributed by atoms with E-state index in [0.29, 0.717) is 19.0 Å². The van der Waals surface area contributed by atoms with Crippen LogP contribution in [0.1, 0.15) is 26.7 Å². The molecule has 14 heavy (non-hydrogen) atoms. The highest BCUT2D eigenvalue weighted by atomic mass is 16.4. The van der Waals surface area contributed by atoms with Crippen LogP contribution >= 0.6 is 0 Å². The number of carboxylic acids is 1. The number of carboxylic acid groups (broad SMARTS) is 1. The molecule has 4 heteroatoms. The SMILES string of the molecule is CCN(CCC(=O)O)C(=O)C1CC1C. The van der Waals surface area contributed by atoms with Crippen molar-refractivity contribution < 1.29 is 14.7 Å². The second-order valence-electron chi connectivity index (χ2n) is 3.88. The minimum atomic E-state index is -0.847. The number of aliphatic carboxylic acids is 1. The lowest BCUT2D eigenvalue weighted by Gasteiger charge is -2.19. The molecule has 1 amide bonds. The van der Waals surface area contributed by atoms with Crippen molar-refractivity contribution in [2.45, 2.75) is 26.7 Å². The van der Waals surface area contributed by atoms with Gasteiger partial charge in [0.1, 0.15) is 0 Å². The van der Waals surface area contributed by atoms with Crippen LogP contribution in [0.2, 0.25) is 0 Å². The van der Waals surface area contributed by atoms with Gasteiger partial charge in [0.2, 0.25) is 5.91 Å². The molecule has 1 rings (SSSR count).